The van der Waals surface area contributed by atoms with Crippen molar-refractivity contribution in [1.82, 2.24) is 0 Å². The van der Waals surface area contributed by atoms with Gasteiger partial charge in [-0.25, -0.2) is 0 Å². The smallest absolute Gasteiger partial charge is 0.142 e. The highest BCUT2D eigenvalue weighted by Gasteiger charge is 2.22. The fourth-order valence-electron chi connectivity index (χ4n) is 1.45. The van der Waals surface area contributed by atoms with Gasteiger partial charge in [0.25, 0.3) is 0 Å². The molecule has 2 rings (SSSR count). The molecule has 0 spiro atoms. The van der Waals surface area contributed by atoms with E-state index >= 15 is 0 Å². The minimum Gasteiger partial charge on any atom is -0.299 e. The predicted octanol–water partition coefficient (Wildman–Crippen LogP) is 2.78. The Morgan fingerprint density at radius 1 is 1.15 bits per heavy atom. The van der Waals surface area contributed by atoms with Crippen molar-refractivity contribution in [1.29, 1.82) is 0 Å². The number of rotatable bonds is 3. The molecule has 1 aliphatic carbocycles. The second-order valence-corrected chi connectivity index (χ2v) is 3.44. The quantitative estimate of drug-likeness (QED) is 0.506. The van der Waals surface area contributed by atoms with Crippen molar-refractivity contribution in [2.24, 2.45) is 0 Å². The van der Waals surface area contributed by atoms with Crippen LogP contribution in [0.25, 0.3) is 6.08 Å². The molecule has 1 aromatic rings. The van der Waals surface area contributed by atoms with E-state index in [1.54, 1.807) is 0 Å². The Morgan fingerprint density at radius 3 is 2.38 bits per heavy atom. The van der Waals surface area contributed by atoms with Crippen LogP contribution >= 0.6 is 0 Å². The van der Waals surface area contributed by atoms with E-state index in [0.717, 1.165) is 17.8 Å². The molecule has 1 saturated carbocycles. The van der Waals surface area contributed by atoms with Gasteiger partial charge in [0.2, 0.25) is 0 Å². The van der Waals surface area contributed by atoms with E-state index in [4.69, 9.17) is 0 Å². The Kier molecular flexibility index (Phi) is 2.26. The van der Waals surface area contributed by atoms with Crippen molar-refractivity contribution in [2.45, 2.75) is 18.8 Å². The van der Waals surface area contributed by atoms with Crippen LogP contribution in [0.5, 0.6) is 0 Å². The molecule has 13 heavy (non-hydrogen) atoms. The number of benzene rings is 1. The van der Waals surface area contributed by atoms with E-state index in [2.05, 4.69) is 24.3 Å². The minimum absolute atomic E-state index is 0.800. The zero-order valence-corrected chi connectivity index (χ0v) is 7.44. The Labute approximate surface area is 78.1 Å². The summed E-state index contributed by atoms with van der Waals surface area (Å²) in [5.74, 6) is 0.809. The normalized spacial score (nSPS) is 16.3. The molecule has 0 N–H and O–H groups in total. The summed E-state index contributed by atoms with van der Waals surface area (Å²) in [7, 11) is 0. The molecular formula is C12H12O. The molecule has 0 atom stereocenters. The SMILES string of the molecule is O=C/C=C/c1ccc(C2CC2)cc1. The average Bonchev–Trinajstić information content (AvgIpc) is 2.99. The number of aldehydes is 1. The van der Waals surface area contributed by atoms with Crippen LogP contribution in [0.2, 0.25) is 0 Å². The van der Waals surface area contributed by atoms with Crippen LogP contribution < -0.4 is 0 Å². The summed E-state index contributed by atoms with van der Waals surface area (Å²) in [6, 6.07) is 8.44. The van der Waals surface area contributed by atoms with Gasteiger partial charge in [-0.2, -0.15) is 0 Å². The zero-order chi connectivity index (χ0) is 9.10. The van der Waals surface area contributed by atoms with E-state index in [-0.39, 0.29) is 0 Å². The number of hydrogen-bond donors (Lipinski definition) is 0. The third-order valence-corrected chi connectivity index (χ3v) is 2.35. The lowest BCUT2D eigenvalue weighted by Crippen LogP contribution is -1.78. The zero-order valence-electron chi connectivity index (χ0n) is 7.44. The van der Waals surface area contributed by atoms with Gasteiger partial charge in [-0.1, -0.05) is 30.3 Å². The highest BCUT2D eigenvalue weighted by Crippen LogP contribution is 2.39. The summed E-state index contributed by atoms with van der Waals surface area (Å²) in [4.78, 5) is 10.1. The molecule has 0 saturated heterocycles. The maximum Gasteiger partial charge on any atom is 0.142 e. The summed E-state index contributed by atoms with van der Waals surface area (Å²) >= 11 is 0. The maximum absolute atomic E-state index is 10.1. The van der Waals surface area contributed by atoms with Crippen LogP contribution in [0.15, 0.2) is 30.3 Å². The number of allylic oxidation sites excluding steroid dienone is 1. The second kappa shape index (κ2) is 3.56. The van der Waals surface area contributed by atoms with Gasteiger partial charge in [0.15, 0.2) is 0 Å². The van der Waals surface area contributed by atoms with Crippen LogP contribution in [-0.4, -0.2) is 6.29 Å². The predicted molar refractivity (Wildman–Crippen MR) is 53.5 cm³/mol. The minimum atomic E-state index is 0.800. The number of carbonyl (C=O) groups excluding carboxylic acids is 1. The molecule has 1 aromatic carbocycles. The molecule has 66 valence electrons. The molecular weight excluding hydrogens is 160 g/mol. The topological polar surface area (TPSA) is 17.1 Å². The summed E-state index contributed by atoms with van der Waals surface area (Å²) in [5, 5.41) is 0. The first-order valence-electron chi connectivity index (χ1n) is 4.62. The van der Waals surface area contributed by atoms with E-state index < -0.39 is 0 Å². The van der Waals surface area contributed by atoms with Crippen molar-refractivity contribution in [3.8, 4) is 0 Å². The van der Waals surface area contributed by atoms with Crippen molar-refractivity contribution in [3.05, 3.63) is 41.5 Å². The van der Waals surface area contributed by atoms with Crippen molar-refractivity contribution in [2.75, 3.05) is 0 Å². The lowest BCUT2D eigenvalue weighted by atomic mass is 10.1. The second-order valence-electron chi connectivity index (χ2n) is 3.44. The van der Waals surface area contributed by atoms with Gasteiger partial charge in [0.05, 0.1) is 0 Å². The van der Waals surface area contributed by atoms with E-state index in [1.807, 2.05) is 6.08 Å². The third-order valence-electron chi connectivity index (χ3n) is 2.35. The first kappa shape index (κ1) is 8.24. The molecule has 1 aliphatic rings. The lowest BCUT2D eigenvalue weighted by molar-refractivity contribution is -0.104. The standard InChI is InChI=1S/C12H12O/c13-9-1-2-10-3-5-11(6-4-10)12-7-8-12/h1-6,9,12H,7-8H2/b2-1+. The van der Waals surface area contributed by atoms with Crippen molar-refractivity contribution >= 4 is 12.4 Å². The lowest BCUT2D eigenvalue weighted by Gasteiger charge is -1.97. The van der Waals surface area contributed by atoms with E-state index in [0.29, 0.717) is 0 Å². The molecule has 0 aliphatic heterocycles. The Balaban J connectivity index is 2.12. The van der Waals surface area contributed by atoms with Gasteiger partial charge in [0, 0.05) is 0 Å². The van der Waals surface area contributed by atoms with Gasteiger partial charge >= 0.3 is 0 Å². The molecule has 0 unspecified atom stereocenters. The van der Waals surface area contributed by atoms with Crippen molar-refractivity contribution < 1.29 is 4.79 Å². The summed E-state index contributed by atoms with van der Waals surface area (Å²) < 4.78 is 0. The van der Waals surface area contributed by atoms with Crippen LogP contribution in [0.4, 0.5) is 0 Å². The van der Waals surface area contributed by atoms with Crippen LogP contribution in [-0.2, 0) is 4.79 Å². The Bertz CT molecular complexity index is 317. The molecule has 0 amide bonds. The highest BCUT2D eigenvalue weighted by molar-refractivity contribution is 5.73. The van der Waals surface area contributed by atoms with Crippen LogP contribution in [0.3, 0.4) is 0 Å². The summed E-state index contributed by atoms with van der Waals surface area (Å²) in [6.07, 6.45) is 6.82. The fraction of sp³-hybridized carbons (Fsp3) is 0.250. The van der Waals surface area contributed by atoms with Gasteiger partial charge in [0.1, 0.15) is 6.29 Å². The molecule has 0 radical (unpaired) electrons. The molecule has 1 fully saturated rings. The van der Waals surface area contributed by atoms with Gasteiger partial charge < -0.3 is 0 Å². The molecule has 0 aromatic heterocycles. The average molecular weight is 172 g/mol. The van der Waals surface area contributed by atoms with Gasteiger partial charge in [-0.15, -0.1) is 0 Å². The summed E-state index contributed by atoms with van der Waals surface area (Å²) in [5.41, 5.74) is 2.53. The Morgan fingerprint density at radius 2 is 1.85 bits per heavy atom. The fourth-order valence-corrected chi connectivity index (χ4v) is 1.45. The third kappa shape index (κ3) is 2.05. The van der Waals surface area contributed by atoms with Crippen molar-refractivity contribution in [3.63, 3.8) is 0 Å². The summed E-state index contributed by atoms with van der Waals surface area (Å²) in [6.45, 7) is 0. The van der Waals surface area contributed by atoms with Crippen LogP contribution in [0, 0.1) is 0 Å². The number of hydrogen-bond acceptors (Lipinski definition) is 1. The van der Waals surface area contributed by atoms with E-state index in [1.165, 1.54) is 24.5 Å². The number of carbonyl (C=O) groups is 1. The van der Waals surface area contributed by atoms with Crippen LogP contribution in [0.1, 0.15) is 29.9 Å². The highest BCUT2D eigenvalue weighted by atomic mass is 16.1. The monoisotopic (exact) mass is 172 g/mol. The Hall–Kier alpha value is -1.37. The maximum atomic E-state index is 10.1. The van der Waals surface area contributed by atoms with Gasteiger partial charge in [-0.05, 0) is 36.0 Å². The molecule has 1 nitrogen and oxygen atoms in total. The largest absolute Gasteiger partial charge is 0.299 e. The molecule has 0 heterocycles. The van der Waals surface area contributed by atoms with Gasteiger partial charge in [-0.3, -0.25) is 4.79 Å². The van der Waals surface area contributed by atoms with E-state index in [9.17, 15) is 4.79 Å². The molecule has 1 heteroatoms. The first-order valence-corrected chi connectivity index (χ1v) is 4.62. The first-order chi connectivity index (χ1) is 6.40. The molecule has 0 bridgehead atoms.